The second-order valence-electron chi connectivity index (χ2n) is 6.68. The van der Waals surface area contributed by atoms with E-state index in [9.17, 15) is 0 Å². The zero-order chi connectivity index (χ0) is 19.8. The van der Waals surface area contributed by atoms with Crippen molar-refractivity contribution in [1.82, 2.24) is 4.90 Å². The van der Waals surface area contributed by atoms with Gasteiger partial charge in [-0.2, -0.15) is 0 Å². The summed E-state index contributed by atoms with van der Waals surface area (Å²) in [4.78, 5) is 2.22. The van der Waals surface area contributed by atoms with E-state index in [1.165, 1.54) is 0 Å². The molecule has 0 spiro atoms. The van der Waals surface area contributed by atoms with E-state index in [0.29, 0.717) is 28.0 Å². The van der Waals surface area contributed by atoms with Crippen molar-refractivity contribution in [3.05, 3.63) is 34.3 Å². The van der Waals surface area contributed by atoms with Gasteiger partial charge in [0.2, 0.25) is 12.5 Å². The van der Waals surface area contributed by atoms with Gasteiger partial charge in [0.1, 0.15) is 17.7 Å². The molecule has 2 heterocycles. The highest BCUT2D eigenvalue weighted by Crippen LogP contribution is 2.50. The molecule has 0 aliphatic carbocycles. The van der Waals surface area contributed by atoms with Crippen LogP contribution in [0, 0.1) is 0 Å². The molecule has 28 heavy (non-hydrogen) atoms. The number of fused-ring (bicyclic) bond motifs is 2. The maximum absolute atomic E-state index is 6.25. The number of benzene rings is 2. The molecule has 2 aliphatic heterocycles. The Hall–Kier alpha value is -2.51. The first-order valence-corrected chi connectivity index (χ1v) is 9.32. The molecule has 2 aliphatic rings. The van der Waals surface area contributed by atoms with Crippen molar-refractivity contribution in [1.29, 1.82) is 0 Å². The van der Waals surface area contributed by atoms with Crippen molar-refractivity contribution in [2.75, 3.05) is 47.0 Å². The highest BCUT2D eigenvalue weighted by Gasteiger charge is 2.34. The Morgan fingerprint density at radius 3 is 2.57 bits per heavy atom. The number of methoxy groups -OCH3 is 3. The van der Waals surface area contributed by atoms with Crippen LogP contribution < -0.4 is 29.0 Å². The van der Waals surface area contributed by atoms with Crippen molar-refractivity contribution in [3.8, 4) is 28.7 Å². The highest BCUT2D eigenvalue weighted by atomic mass is 35.5. The molecule has 0 bridgehead atoms. The summed E-state index contributed by atoms with van der Waals surface area (Å²) >= 11 is 6.25. The Labute approximate surface area is 169 Å². The molecule has 2 aromatic rings. The summed E-state index contributed by atoms with van der Waals surface area (Å²) in [5.74, 6) is 3.26. The van der Waals surface area contributed by atoms with Crippen LogP contribution in [0.4, 0.5) is 5.69 Å². The van der Waals surface area contributed by atoms with Gasteiger partial charge in [0.05, 0.1) is 32.0 Å². The summed E-state index contributed by atoms with van der Waals surface area (Å²) in [6.07, 6.45) is 0.728. The van der Waals surface area contributed by atoms with Crippen molar-refractivity contribution in [3.63, 3.8) is 0 Å². The number of ether oxygens (including phenoxy) is 5. The SMILES string of the molecule is COc1cc(N[C@@H]2c3c(cc4c(c3OC)OCO4)CCN2C)c(OC)cc1Cl. The summed E-state index contributed by atoms with van der Waals surface area (Å²) in [6.45, 7) is 1.07. The predicted molar refractivity (Wildman–Crippen MR) is 106 cm³/mol. The number of likely N-dealkylation sites (N-methyl/N-ethyl adjacent to an activating group) is 1. The average molecular weight is 407 g/mol. The van der Waals surface area contributed by atoms with Gasteiger partial charge in [-0.3, -0.25) is 4.90 Å². The standard InChI is InChI=1S/C20H23ClN2O5/c1-23-6-5-11-7-16-18(28-10-27-16)19(26-4)17(11)20(23)22-13-9-14(24-2)12(21)8-15(13)25-3/h7-9,20,22H,5-6,10H2,1-4H3/t20-/m0/s1. The number of nitrogens with one attached hydrogen (secondary N) is 1. The topological polar surface area (TPSA) is 61.4 Å². The van der Waals surface area contributed by atoms with Crippen LogP contribution in [0.1, 0.15) is 17.3 Å². The Morgan fingerprint density at radius 2 is 1.86 bits per heavy atom. The molecule has 0 saturated heterocycles. The van der Waals surface area contributed by atoms with Gasteiger partial charge in [-0.05, 0) is 25.1 Å². The average Bonchev–Trinajstić information content (AvgIpc) is 3.17. The van der Waals surface area contributed by atoms with Crippen LogP contribution >= 0.6 is 11.6 Å². The zero-order valence-corrected chi connectivity index (χ0v) is 17.1. The molecule has 1 N–H and O–H groups in total. The van der Waals surface area contributed by atoms with Crippen LogP contribution in [0.3, 0.4) is 0 Å². The first kappa shape index (κ1) is 18.8. The van der Waals surface area contributed by atoms with Gasteiger partial charge in [-0.1, -0.05) is 11.6 Å². The minimum Gasteiger partial charge on any atom is -0.495 e. The lowest BCUT2D eigenvalue weighted by Gasteiger charge is -2.37. The first-order valence-electron chi connectivity index (χ1n) is 8.95. The molecule has 0 amide bonds. The Balaban J connectivity index is 1.80. The number of hydrogen-bond acceptors (Lipinski definition) is 7. The predicted octanol–water partition coefficient (Wildman–Crippen LogP) is 3.69. The first-order chi connectivity index (χ1) is 13.6. The van der Waals surface area contributed by atoms with Crippen LogP contribution in [0.25, 0.3) is 0 Å². The quantitative estimate of drug-likeness (QED) is 0.812. The lowest BCUT2D eigenvalue weighted by atomic mass is 9.94. The van der Waals surface area contributed by atoms with Gasteiger partial charge in [0, 0.05) is 24.2 Å². The molecule has 1 atom stereocenters. The molecule has 0 fully saturated rings. The molecule has 7 nitrogen and oxygen atoms in total. The second-order valence-corrected chi connectivity index (χ2v) is 7.09. The lowest BCUT2D eigenvalue weighted by molar-refractivity contribution is 0.170. The molecule has 0 unspecified atom stereocenters. The fraction of sp³-hybridized carbons (Fsp3) is 0.400. The van der Waals surface area contributed by atoms with Gasteiger partial charge in [-0.25, -0.2) is 0 Å². The maximum atomic E-state index is 6.25. The lowest BCUT2D eigenvalue weighted by Crippen LogP contribution is -2.37. The van der Waals surface area contributed by atoms with Gasteiger partial charge >= 0.3 is 0 Å². The molecule has 150 valence electrons. The zero-order valence-electron chi connectivity index (χ0n) is 16.3. The van der Waals surface area contributed by atoms with Gasteiger partial charge in [0.25, 0.3) is 0 Å². The van der Waals surface area contributed by atoms with Gasteiger partial charge in [0.15, 0.2) is 11.5 Å². The third-order valence-electron chi connectivity index (χ3n) is 5.16. The van der Waals surface area contributed by atoms with E-state index >= 15 is 0 Å². The van der Waals surface area contributed by atoms with Crippen LogP contribution in [0.5, 0.6) is 28.7 Å². The van der Waals surface area contributed by atoms with Gasteiger partial charge in [-0.15, -0.1) is 0 Å². The highest BCUT2D eigenvalue weighted by molar-refractivity contribution is 6.32. The van der Waals surface area contributed by atoms with E-state index in [1.807, 2.05) is 12.1 Å². The van der Waals surface area contributed by atoms with Crippen molar-refractivity contribution < 1.29 is 23.7 Å². The Kier molecular flexibility index (Phi) is 5.03. The number of anilines is 1. The minimum atomic E-state index is -0.159. The summed E-state index contributed by atoms with van der Waals surface area (Å²) in [7, 11) is 6.91. The molecule has 0 aromatic heterocycles. The molecular weight excluding hydrogens is 384 g/mol. The normalized spacial score (nSPS) is 17.8. The van der Waals surface area contributed by atoms with Crippen LogP contribution in [-0.4, -0.2) is 46.6 Å². The minimum absolute atomic E-state index is 0.159. The van der Waals surface area contributed by atoms with E-state index < -0.39 is 0 Å². The van der Waals surface area contributed by atoms with Crippen molar-refractivity contribution in [2.45, 2.75) is 12.6 Å². The largest absolute Gasteiger partial charge is 0.495 e. The fourth-order valence-electron chi connectivity index (χ4n) is 3.74. The summed E-state index contributed by atoms with van der Waals surface area (Å²) < 4.78 is 27.9. The van der Waals surface area contributed by atoms with E-state index in [-0.39, 0.29) is 13.0 Å². The Bertz CT molecular complexity index is 905. The number of nitrogens with zero attached hydrogens (tertiary/aromatic N) is 1. The van der Waals surface area contributed by atoms with E-state index in [1.54, 1.807) is 27.4 Å². The Morgan fingerprint density at radius 1 is 1.07 bits per heavy atom. The van der Waals surface area contributed by atoms with Crippen LogP contribution in [-0.2, 0) is 6.42 Å². The number of hydrogen-bond donors (Lipinski definition) is 1. The molecule has 0 radical (unpaired) electrons. The van der Waals surface area contributed by atoms with Crippen LogP contribution in [0.15, 0.2) is 18.2 Å². The van der Waals surface area contributed by atoms with Gasteiger partial charge < -0.3 is 29.0 Å². The molecular formula is C20H23ClN2O5. The van der Waals surface area contributed by atoms with E-state index in [2.05, 4.69) is 17.3 Å². The molecule has 2 aromatic carbocycles. The second kappa shape index (κ2) is 7.48. The van der Waals surface area contributed by atoms with Crippen molar-refractivity contribution in [2.24, 2.45) is 0 Å². The third-order valence-corrected chi connectivity index (χ3v) is 5.46. The van der Waals surface area contributed by atoms with E-state index in [4.69, 9.17) is 35.3 Å². The van der Waals surface area contributed by atoms with E-state index in [0.717, 1.165) is 35.5 Å². The summed E-state index contributed by atoms with van der Waals surface area (Å²) in [6, 6.07) is 5.62. The maximum Gasteiger partial charge on any atom is 0.231 e. The number of halogens is 1. The summed E-state index contributed by atoms with van der Waals surface area (Å²) in [5, 5.41) is 4.05. The third kappa shape index (κ3) is 3.04. The number of rotatable bonds is 5. The molecule has 4 rings (SSSR count). The molecule has 8 heteroatoms. The van der Waals surface area contributed by atoms with Crippen molar-refractivity contribution >= 4 is 17.3 Å². The van der Waals surface area contributed by atoms with Crippen LogP contribution in [0.2, 0.25) is 5.02 Å². The fourth-order valence-corrected chi connectivity index (χ4v) is 3.97. The monoisotopic (exact) mass is 406 g/mol. The summed E-state index contributed by atoms with van der Waals surface area (Å²) in [5.41, 5.74) is 2.96. The molecule has 0 saturated carbocycles. The smallest absolute Gasteiger partial charge is 0.231 e.